The van der Waals surface area contributed by atoms with E-state index in [1.807, 2.05) is 0 Å². The maximum Gasteiger partial charge on any atom is 0.503 e. The predicted octanol–water partition coefficient (Wildman–Crippen LogP) is -1.21. The fourth-order valence-electron chi connectivity index (χ4n) is 1.44. The molecule has 2 N–H and O–H groups in total. The first-order chi connectivity index (χ1) is 7.33. The van der Waals surface area contributed by atoms with Crippen molar-refractivity contribution in [3.05, 3.63) is 16.6 Å². The highest BCUT2D eigenvalue weighted by atomic mass is 16.5. The van der Waals surface area contributed by atoms with Gasteiger partial charge in [-0.2, -0.15) is 4.73 Å². The van der Waals surface area contributed by atoms with E-state index in [0.29, 0.717) is 4.74 Å². The fraction of sp³-hybridized carbons (Fsp3) is 0.375. The van der Waals surface area contributed by atoms with Crippen LogP contribution in [0.15, 0.2) is 6.20 Å². The van der Waals surface area contributed by atoms with Crippen molar-refractivity contribution in [2.45, 2.75) is 12.6 Å². The average molecular weight is 226 g/mol. The van der Waals surface area contributed by atoms with E-state index in [1.165, 1.54) is 18.9 Å². The van der Waals surface area contributed by atoms with E-state index in [0.717, 1.165) is 12.4 Å². The Balaban J connectivity index is 2.69. The van der Waals surface area contributed by atoms with E-state index >= 15 is 0 Å². The average Bonchev–Trinajstić information content (AvgIpc) is 2.17. The molecule has 0 bridgehead atoms. The quantitative estimate of drug-likeness (QED) is 0.424. The Morgan fingerprint density at radius 1 is 1.50 bits per heavy atom. The third-order valence-corrected chi connectivity index (χ3v) is 2.48. The Bertz CT molecular complexity index is 485. The maximum atomic E-state index is 11.5. The topological polar surface area (TPSA) is 110 Å². The number of hydrogen-bond donors (Lipinski definition) is 2. The van der Waals surface area contributed by atoms with Gasteiger partial charge in [0.05, 0.1) is 0 Å². The van der Waals surface area contributed by atoms with Gasteiger partial charge in [-0.25, -0.2) is 4.74 Å². The minimum atomic E-state index is -1.51. The van der Waals surface area contributed by atoms with E-state index in [9.17, 15) is 15.5 Å². The third-order valence-electron chi connectivity index (χ3n) is 2.48. The van der Waals surface area contributed by atoms with Gasteiger partial charge in [0.2, 0.25) is 0 Å². The fourth-order valence-corrected chi connectivity index (χ4v) is 1.44. The summed E-state index contributed by atoms with van der Waals surface area (Å²) in [5, 5.41) is 41.6. The molecule has 1 aromatic heterocycles. The maximum absolute atomic E-state index is 11.5. The molecule has 0 saturated carbocycles. The largest absolute Gasteiger partial charge is 0.711 e. The lowest BCUT2D eigenvalue weighted by molar-refractivity contribution is -0.617. The second-order valence-corrected chi connectivity index (χ2v) is 3.68. The van der Waals surface area contributed by atoms with E-state index in [-0.39, 0.29) is 16.2 Å². The van der Waals surface area contributed by atoms with Gasteiger partial charge < -0.3 is 25.5 Å². The van der Waals surface area contributed by atoms with Gasteiger partial charge >= 0.3 is 11.8 Å². The van der Waals surface area contributed by atoms with Crippen molar-refractivity contribution in [1.29, 1.82) is 0 Å². The van der Waals surface area contributed by atoms with Crippen molar-refractivity contribution in [3.8, 4) is 6.01 Å². The molecule has 8 nitrogen and oxygen atoms in total. The molecule has 86 valence electrons. The highest BCUT2D eigenvalue weighted by molar-refractivity contribution is 5.77. The Labute approximate surface area is 90.5 Å². The number of aliphatic hydroxyl groups is 1. The van der Waals surface area contributed by atoms with Gasteiger partial charge in [-0.1, -0.05) is 0 Å². The highest BCUT2D eigenvalue weighted by Gasteiger charge is 2.37. The standard InChI is InChI=1S/C8H10N4O4/c1-8(14)4-12(16)6-5(10(8)2)3-11(15)7(13)9-6/h3-4,14H,1-2H3,(H,9,13). The summed E-state index contributed by atoms with van der Waals surface area (Å²) in [7, 11) is 1.50. The van der Waals surface area contributed by atoms with E-state index in [2.05, 4.69) is 4.98 Å². The summed E-state index contributed by atoms with van der Waals surface area (Å²) in [4.78, 5) is 4.75. The number of nitrogens with zero attached hydrogens (tertiary/aromatic N) is 4. The lowest BCUT2D eigenvalue weighted by Gasteiger charge is -2.35. The van der Waals surface area contributed by atoms with Gasteiger partial charge in [0.25, 0.3) is 0 Å². The molecule has 1 aliphatic rings. The minimum absolute atomic E-state index is 0.116. The zero-order chi connectivity index (χ0) is 12.1. The molecular formula is C8H10N4O4. The van der Waals surface area contributed by atoms with Crippen LogP contribution in [0.3, 0.4) is 0 Å². The van der Waals surface area contributed by atoms with Crippen LogP contribution in [0, 0.1) is 10.4 Å². The van der Waals surface area contributed by atoms with Gasteiger partial charge in [0, 0.05) is 12.0 Å². The van der Waals surface area contributed by atoms with Crippen LogP contribution in [0.2, 0.25) is 0 Å². The number of aromatic hydroxyl groups is 1. The van der Waals surface area contributed by atoms with Crippen LogP contribution < -0.4 is 9.63 Å². The molecule has 8 heteroatoms. The Morgan fingerprint density at radius 3 is 2.75 bits per heavy atom. The van der Waals surface area contributed by atoms with Crippen molar-refractivity contribution < 1.29 is 19.7 Å². The third kappa shape index (κ3) is 1.31. The number of fused-ring (bicyclic) bond motifs is 1. The van der Waals surface area contributed by atoms with Crippen LogP contribution in [0.25, 0.3) is 0 Å². The van der Waals surface area contributed by atoms with Crippen molar-refractivity contribution >= 4 is 17.7 Å². The molecule has 0 aliphatic carbocycles. The molecule has 2 rings (SSSR count). The lowest BCUT2D eigenvalue weighted by Crippen LogP contribution is -2.50. The Hall–Kier alpha value is -2.09. The molecule has 0 aromatic carbocycles. The number of hydrogen-bond acceptors (Lipinski definition) is 6. The van der Waals surface area contributed by atoms with Crippen LogP contribution >= 0.6 is 0 Å². The van der Waals surface area contributed by atoms with Gasteiger partial charge in [-0.15, -0.1) is 0 Å². The molecule has 1 aliphatic heterocycles. The Morgan fingerprint density at radius 2 is 2.12 bits per heavy atom. The molecule has 0 spiro atoms. The predicted molar refractivity (Wildman–Crippen MR) is 53.2 cm³/mol. The number of anilines is 1. The summed E-state index contributed by atoms with van der Waals surface area (Å²) in [6, 6.07) is -0.817. The summed E-state index contributed by atoms with van der Waals surface area (Å²) in [6.45, 7) is 1.39. The summed E-state index contributed by atoms with van der Waals surface area (Å²) in [5.74, 6) is -0.140. The molecule has 1 aromatic rings. The summed E-state index contributed by atoms with van der Waals surface area (Å²) in [6.07, 6.45) is 1.96. The van der Waals surface area contributed by atoms with Crippen molar-refractivity contribution in [2.75, 3.05) is 11.9 Å². The van der Waals surface area contributed by atoms with E-state index in [1.54, 1.807) is 0 Å². The normalized spacial score (nSPS) is 23.9. The second-order valence-electron chi connectivity index (χ2n) is 3.68. The van der Waals surface area contributed by atoms with Crippen LogP contribution in [-0.2, 0) is 0 Å². The van der Waals surface area contributed by atoms with Crippen LogP contribution in [0.1, 0.15) is 6.92 Å². The molecule has 0 fully saturated rings. The smallest absolute Gasteiger partial charge is 0.503 e. The first-order valence-electron chi connectivity index (χ1n) is 4.44. The summed E-state index contributed by atoms with van der Waals surface area (Å²) < 4.78 is 0.430. The first kappa shape index (κ1) is 10.4. The van der Waals surface area contributed by atoms with Gasteiger partial charge in [-0.3, -0.25) is 0 Å². The zero-order valence-electron chi connectivity index (χ0n) is 8.65. The van der Waals surface area contributed by atoms with Crippen molar-refractivity contribution in [2.24, 2.45) is 0 Å². The number of aromatic nitrogens is 2. The number of rotatable bonds is 0. The van der Waals surface area contributed by atoms with E-state index < -0.39 is 11.7 Å². The van der Waals surface area contributed by atoms with Crippen molar-refractivity contribution in [1.82, 2.24) is 4.98 Å². The van der Waals surface area contributed by atoms with Crippen molar-refractivity contribution in [3.63, 3.8) is 0 Å². The molecule has 0 amide bonds. The van der Waals surface area contributed by atoms with Gasteiger partial charge in [-0.05, 0) is 6.92 Å². The van der Waals surface area contributed by atoms with E-state index in [4.69, 9.17) is 5.11 Å². The van der Waals surface area contributed by atoms with Crippen LogP contribution in [0.4, 0.5) is 11.5 Å². The molecule has 0 saturated heterocycles. The molecule has 16 heavy (non-hydrogen) atoms. The Kier molecular flexibility index (Phi) is 1.92. The second kappa shape index (κ2) is 2.95. The molecule has 1 unspecified atom stereocenters. The van der Waals surface area contributed by atoms with Crippen LogP contribution in [0.5, 0.6) is 6.01 Å². The zero-order valence-corrected chi connectivity index (χ0v) is 8.65. The summed E-state index contributed by atoms with van der Waals surface area (Å²) in [5.41, 5.74) is -1.38. The SMILES string of the molecule is CN1c2c[n+]([O-])c(O)nc2[N+]([O-])=CC1(C)O. The monoisotopic (exact) mass is 226 g/mol. The van der Waals surface area contributed by atoms with Gasteiger partial charge in [0.1, 0.15) is 12.4 Å². The van der Waals surface area contributed by atoms with Gasteiger partial charge in [0.15, 0.2) is 11.4 Å². The van der Waals surface area contributed by atoms with Crippen LogP contribution in [-0.4, -0.2) is 38.9 Å². The highest BCUT2D eigenvalue weighted by Crippen LogP contribution is 2.31. The first-order valence-corrected chi connectivity index (χ1v) is 4.44. The summed E-state index contributed by atoms with van der Waals surface area (Å²) >= 11 is 0. The molecular weight excluding hydrogens is 216 g/mol. The molecule has 2 heterocycles. The molecule has 1 atom stereocenters. The lowest BCUT2D eigenvalue weighted by atomic mass is 10.2. The minimum Gasteiger partial charge on any atom is -0.711 e. The molecule has 0 radical (unpaired) electrons.